The van der Waals surface area contributed by atoms with Gasteiger partial charge in [0.2, 0.25) is 0 Å². The Balaban J connectivity index is 2.16. The smallest absolute Gasteiger partial charge is 0.275 e. The second-order valence-corrected chi connectivity index (χ2v) is 6.12. The van der Waals surface area contributed by atoms with Gasteiger partial charge in [-0.15, -0.1) is 0 Å². The molecule has 0 saturated carbocycles. The highest BCUT2D eigenvalue weighted by atomic mass is 35.5. The SMILES string of the molecule is CC(C)NC(=O)C[NH+](C)CC(=O)NCCOc1ccc(Cl)cc1. The zero-order valence-electron chi connectivity index (χ0n) is 13.8. The van der Waals surface area contributed by atoms with Crippen molar-refractivity contribution in [2.45, 2.75) is 19.9 Å². The number of likely N-dealkylation sites (N-methyl/N-ethyl adjacent to an activating group) is 1. The van der Waals surface area contributed by atoms with Crippen LogP contribution in [0.4, 0.5) is 0 Å². The molecule has 1 unspecified atom stereocenters. The molecule has 0 aliphatic rings. The number of halogens is 1. The number of hydrogen-bond acceptors (Lipinski definition) is 3. The summed E-state index contributed by atoms with van der Waals surface area (Å²) in [7, 11) is 1.81. The molecule has 0 heterocycles. The number of rotatable bonds is 9. The number of ether oxygens (including phenoxy) is 1. The Morgan fingerprint density at radius 3 is 2.39 bits per heavy atom. The van der Waals surface area contributed by atoms with Gasteiger partial charge in [-0.05, 0) is 38.1 Å². The molecule has 0 fully saturated rings. The first-order valence-electron chi connectivity index (χ1n) is 7.62. The van der Waals surface area contributed by atoms with Gasteiger partial charge in [0.1, 0.15) is 12.4 Å². The first-order chi connectivity index (χ1) is 10.9. The minimum atomic E-state index is -0.112. The van der Waals surface area contributed by atoms with E-state index in [1.807, 2.05) is 20.9 Å². The second kappa shape index (κ2) is 10.1. The number of quaternary nitrogens is 1. The molecule has 1 aromatic carbocycles. The van der Waals surface area contributed by atoms with Gasteiger partial charge in [0, 0.05) is 11.1 Å². The number of carbonyl (C=O) groups is 2. The lowest BCUT2D eigenvalue weighted by Crippen LogP contribution is -3.11. The van der Waals surface area contributed by atoms with E-state index in [0.29, 0.717) is 23.9 Å². The quantitative estimate of drug-likeness (QED) is 0.548. The van der Waals surface area contributed by atoms with Gasteiger partial charge in [0.05, 0.1) is 13.6 Å². The molecule has 0 aromatic heterocycles. The average Bonchev–Trinajstić information content (AvgIpc) is 2.44. The lowest BCUT2D eigenvalue weighted by molar-refractivity contribution is -0.862. The number of hydrogen-bond donors (Lipinski definition) is 3. The molecular formula is C16H25ClN3O3+. The Bertz CT molecular complexity index is 506. The number of benzene rings is 1. The third kappa shape index (κ3) is 9.05. The number of carbonyl (C=O) groups excluding carboxylic acids is 2. The lowest BCUT2D eigenvalue weighted by atomic mass is 10.3. The van der Waals surface area contributed by atoms with Crippen molar-refractivity contribution in [3.05, 3.63) is 29.3 Å². The summed E-state index contributed by atoms with van der Waals surface area (Å²) in [4.78, 5) is 24.2. The van der Waals surface area contributed by atoms with Gasteiger partial charge >= 0.3 is 0 Å². The van der Waals surface area contributed by atoms with E-state index >= 15 is 0 Å². The predicted molar refractivity (Wildman–Crippen MR) is 89.9 cm³/mol. The monoisotopic (exact) mass is 342 g/mol. The van der Waals surface area contributed by atoms with Crippen molar-refractivity contribution in [3.8, 4) is 5.75 Å². The maximum absolute atomic E-state index is 11.8. The lowest BCUT2D eigenvalue weighted by Gasteiger charge is -2.15. The summed E-state index contributed by atoms with van der Waals surface area (Å²) in [6.07, 6.45) is 0. The molecule has 1 atom stereocenters. The molecular weight excluding hydrogens is 318 g/mol. The Labute approximate surface area is 142 Å². The Morgan fingerprint density at radius 2 is 1.78 bits per heavy atom. The summed E-state index contributed by atoms with van der Waals surface area (Å²) in [5.74, 6) is 0.535. The van der Waals surface area contributed by atoms with Gasteiger partial charge in [0.25, 0.3) is 11.8 Å². The van der Waals surface area contributed by atoms with Gasteiger partial charge in [-0.2, -0.15) is 0 Å². The van der Waals surface area contributed by atoms with Crippen LogP contribution in [0.5, 0.6) is 5.75 Å². The maximum atomic E-state index is 11.8. The van der Waals surface area contributed by atoms with E-state index < -0.39 is 0 Å². The van der Waals surface area contributed by atoms with Crippen molar-refractivity contribution in [1.82, 2.24) is 10.6 Å². The summed E-state index contributed by atoms with van der Waals surface area (Å²) in [6.45, 7) is 5.10. The average molecular weight is 343 g/mol. The predicted octanol–water partition coefficient (Wildman–Crippen LogP) is -0.126. The van der Waals surface area contributed by atoms with Crippen LogP contribution >= 0.6 is 11.6 Å². The van der Waals surface area contributed by atoms with Crippen LogP contribution in [0.25, 0.3) is 0 Å². The minimum absolute atomic E-state index is 0.0589. The van der Waals surface area contributed by atoms with E-state index in [9.17, 15) is 9.59 Å². The molecule has 0 aliphatic carbocycles. The molecule has 0 spiro atoms. The van der Waals surface area contributed by atoms with Crippen LogP contribution in [0.1, 0.15) is 13.8 Å². The van der Waals surface area contributed by atoms with Gasteiger partial charge in [-0.25, -0.2) is 0 Å². The van der Waals surface area contributed by atoms with E-state index in [1.54, 1.807) is 24.3 Å². The molecule has 23 heavy (non-hydrogen) atoms. The standard InChI is InChI=1S/C16H24ClN3O3/c1-12(2)19-16(22)11-20(3)10-15(21)18-8-9-23-14-6-4-13(17)5-7-14/h4-7,12H,8-11H2,1-3H3,(H,18,21)(H,19,22)/p+1. The fourth-order valence-electron chi connectivity index (χ4n) is 1.94. The zero-order chi connectivity index (χ0) is 17.2. The fourth-order valence-corrected chi connectivity index (χ4v) is 2.06. The summed E-state index contributed by atoms with van der Waals surface area (Å²) >= 11 is 5.78. The topological polar surface area (TPSA) is 71.9 Å². The molecule has 0 bridgehead atoms. The van der Waals surface area contributed by atoms with Crippen molar-refractivity contribution >= 4 is 23.4 Å². The van der Waals surface area contributed by atoms with Crippen LogP contribution in [0.3, 0.4) is 0 Å². The third-order valence-corrected chi connectivity index (χ3v) is 3.13. The molecule has 6 nitrogen and oxygen atoms in total. The molecule has 3 N–H and O–H groups in total. The van der Waals surface area contributed by atoms with Gasteiger partial charge < -0.3 is 20.3 Å². The first kappa shape index (κ1) is 19.3. The summed E-state index contributed by atoms with van der Waals surface area (Å²) in [6, 6.07) is 7.14. The van der Waals surface area contributed by atoms with Crippen LogP contribution in [-0.2, 0) is 9.59 Å². The van der Waals surface area contributed by atoms with Gasteiger partial charge in [0.15, 0.2) is 13.1 Å². The Hall–Kier alpha value is -1.79. The zero-order valence-corrected chi connectivity index (χ0v) is 14.6. The van der Waals surface area contributed by atoms with E-state index in [4.69, 9.17) is 16.3 Å². The van der Waals surface area contributed by atoms with Crippen LogP contribution in [0, 0.1) is 0 Å². The molecule has 1 rings (SSSR count). The van der Waals surface area contributed by atoms with E-state index in [1.165, 1.54) is 0 Å². The highest BCUT2D eigenvalue weighted by molar-refractivity contribution is 6.30. The van der Waals surface area contributed by atoms with Crippen molar-refractivity contribution in [2.75, 3.05) is 33.3 Å². The Morgan fingerprint density at radius 1 is 1.17 bits per heavy atom. The van der Waals surface area contributed by atoms with Crippen LogP contribution < -0.4 is 20.3 Å². The highest BCUT2D eigenvalue weighted by Gasteiger charge is 2.14. The van der Waals surface area contributed by atoms with E-state index in [0.717, 1.165) is 4.90 Å². The van der Waals surface area contributed by atoms with E-state index in [2.05, 4.69) is 10.6 Å². The van der Waals surface area contributed by atoms with Crippen LogP contribution in [0.2, 0.25) is 5.02 Å². The number of amides is 2. The molecule has 2 amide bonds. The van der Waals surface area contributed by atoms with Crippen molar-refractivity contribution in [3.63, 3.8) is 0 Å². The largest absolute Gasteiger partial charge is 0.492 e. The summed E-state index contributed by atoms with van der Waals surface area (Å²) < 4.78 is 5.48. The molecule has 7 heteroatoms. The van der Waals surface area contributed by atoms with Crippen molar-refractivity contribution in [2.24, 2.45) is 0 Å². The molecule has 0 aliphatic heterocycles. The van der Waals surface area contributed by atoms with Gasteiger partial charge in [-0.1, -0.05) is 11.6 Å². The molecule has 1 aromatic rings. The van der Waals surface area contributed by atoms with E-state index in [-0.39, 0.29) is 30.9 Å². The third-order valence-electron chi connectivity index (χ3n) is 2.88. The summed E-state index contributed by atoms with van der Waals surface area (Å²) in [5.41, 5.74) is 0. The second-order valence-electron chi connectivity index (χ2n) is 5.69. The van der Waals surface area contributed by atoms with Crippen LogP contribution in [-0.4, -0.2) is 51.1 Å². The highest BCUT2D eigenvalue weighted by Crippen LogP contribution is 2.14. The van der Waals surface area contributed by atoms with Crippen molar-refractivity contribution in [1.29, 1.82) is 0 Å². The molecule has 0 radical (unpaired) electrons. The Kier molecular flexibility index (Phi) is 8.43. The minimum Gasteiger partial charge on any atom is -0.492 e. The molecule has 0 saturated heterocycles. The first-order valence-corrected chi connectivity index (χ1v) is 8.00. The van der Waals surface area contributed by atoms with Crippen LogP contribution in [0.15, 0.2) is 24.3 Å². The summed E-state index contributed by atoms with van der Waals surface area (Å²) in [5, 5.41) is 6.22. The fraction of sp³-hybridized carbons (Fsp3) is 0.500. The molecule has 128 valence electrons. The normalized spacial score (nSPS) is 11.9. The number of nitrogens with one attached hydrogen (secondary N) is 3. The maximum Gasteiger partial charge on any atom is 0.275 e. The van der Waals surface area contributed by atoms with Gasteiger partial charge in [-0.3, -0.25) is 9.59 Å². The van der Waals surface area contributed by atoms with Crippen molar-refractivity contribution < 1.29 is 19.2 Å².